The number of piperazine rings is 1. The van der Waals surface area contributed by atoms with Crippen LogP contribution in [0, 0.1) is 5.92 Å². The average Bonchev–Trinajstić information content (AvgIpc) is 2.63. The second-order valence-corrected chi connectivity index (χ2v) is 7.94. The maximum absolute atomic E-state index is 12.6. The van der Waals surface area contributed by atoms with E-state index in [1.807, 2.05) is 14.7 Å². The lowest BCUT2D eigenvalue weighted by atomic mass is 10.1. The predicted molar refractivity (Wildman–Crippen MR) is 103 cm³/mol. The maximum atomic E-state index is 12.6. The van der Waals surface area contributed by atoms with Crippen molar-refractivity contribution in [2.24, 2.45) is 5.92 Å². The Morgan fingerprint density at radius 2 is 1.92 bits per heavy atom. The van der Waals surface area contributed by atoms with Gasteiger partial charge in [-0.2, -0.15) is 0 Å². The van der Waals surface area contributed by atoms with Gasteiger partial charge in [-0.15, -0.1) is 0 Å². The van der Waals surface area contributed by atoms with E-state index in [2.05, 4.69) is 18.8 Å². The smallest absolute Gasteiger partial charge is 0.255 e. The number of hydrogen-bond donors (Lipinski definition) is 0. The van der Waals surface area contributed by atoms with Crippen LogP contribution in [-0.2, 0) is 4.79 Å². The first-order valence-electron chi connectivity index (χ1n) is 9.43. The molecule has 0 unspecified atom stereocenters. The highest BCUT2D eigenvalue weighted by atomic mass is 35.5. The first-order chi connectivity index (χ1) is 12.5. The van der Waals surface area contributed by atoms with Crippen LogP contribution in [0.4, 0.5) is 5.82 Å². The van der Waals surface area contributed by atoms with E-state index in [1.165, 1.54) is 6.42 Å². The molecule has 0 N–H and O–H groups in total. The Morgan fingerprint density at radius 1 is 1.19 bits per heavy atom. The van der Waals surface area contributed by atoms with E-state index in [0.29, 0.717) is 35.4 Å². The molecule has 0 aromatic carbocycles. The summed E-state index contributed by atoms with van der Waals surface area (Å²) in [5.74, 6) is 1.12. The fraction of sp³-hybridized carbons (Fsp3) is 0.632. The van der Waals surface area contributed by atoms with Crippen molar-refractivity contribution in [3.8, 4) is 0 Å². The van der Waals surface area contributed by atoms with Crippen molar-refractivity contribution in [2.75, 3.05) is 44.2 Å². The molecular weight excluding hydrogens is 352 g/mol. The van der Waals surface area contributed by atoms with Gasteiger partial charge in [-0.1, -0.05) is 25.4 Å². The number of aromatic nitrogens is 1. The zero-order valence-electron chi connectivity index (χ0n) is 15.6. The zero-order chi connectivity index (χ0) is 18.7. The minimum atomic E-state index is -0.0107. The van der Waals surface area contributed by atoms with E-state index < -0.39 is 0 Å². The number of piperidine rings is 1. The van der Waals surface area contributed by atoms with E-state index in [4.69, 9.17) is 11.6 Å². The SMILES string of the molecule is CC(C)CN1CCN(c2ncc(C(=O)N3CCCCC3)cc2Cl)CC1=O. The van der Waals surface area contributed by atoms with E-state index in [9.17, 15) is 9.59 Å². The molecule has 3 heterocycles. The molecule has 7 heteroatoms. The maximum Gasteiger partial charge on any atom is 0.255 e. The van der Waals surface area contributed by atoms with Crippen LogP contribution in [0.25, 0.3) is 0 Å². The summed E-state index contributed by atoms with van der Waals surface area (Å²) in [6, 6.07) is 1.69. The largest absolute Gasteiger partial charge is 0.344 e. The molecule has 1 aromatic rings. The Hall–Kier alpha value is -1.82. The molecule has 0 spiro atoms. The average molecular weight is 379 g/mol. The molecule has 142 valence electrons. The summed E-state index contributed by atoms with van der Waals surface area (Å²) >= 11 is 6.41. The van der Waals surface area contributed by atoms with Gasteiger partial charge >= 0.3 is 0 Å². The van der Waals surface area contributed by atoms with Crippen LogP contribution < -0.4 is 4.90 Å². The van der Waals surface area contributed by atoms with Crippen LogP contribution in [0.5, 0.6) is 0 Å². The van der Waals surface area contributed by atoms with E-state index in [0.717, 1.165) is 32.5 Å². The number of hydrogen-bond acceptors (Lipinski definition) is 4. The lowest BCUT2D eigenvalue weighted by Gasteiger charge is -2.36. The zero-order valence-corrected chi connectivity index (χ0v) is 16.3. The number of nitrogens with zero attached hydrogens (tertiary/aromatic N) is 4. The Kier molecular flexibility index (Phi) is 6.01. The minimum Gasteiger partial charge on any atom is -0.344 e. The number of amides is 2. The molecule has 0 bridgehead atoms. The van der Waals surface area contributed by atoms with Crippen molar-refractivity contribution in [1.29, 1.82) is 0 Å². The summed E-state index contributed by atoms with van der Waals surface area (Å²) in [6.45, 7) is 8.23. The van der Waals surface area contributed by atoms with Gasteiger partial charge in [0.2, 0.25) is 5.91 Å². The summed E-state index contributed by atoms with van der Waals surface area (Å²) in [5, 5.41) is 0.429. The van der Waals surface area contributed by atoms with E-state index >= 15 is 0 Å². The standard InChI is InChI=1S/C19H27ClN4O2/c1-14(2)12-23-8-9-24(13-17(23)25)18-16(20)10-15(11-21-18)19(26)22-6-4-3-5-7-22/h10-11,14H,3-9,12-13H2,1-2H3. The van der Waals surface area contributed by atoms with Gasteiger partial charge in [-0.3, -0.25) is 9.59 Å². The quantitative estimate of drug-likeness (QED) is 0.808. The molecule has 26 heavy (non-hydrogen) atoms. The van der Waals surface area contributed by atoms with Crippen LogP contribution in [0.15, 0.2) is 12.3 Å². The van der Waals surface area contributed by atoms with Crippen molar-refractivity contribution in [3.63, 3.8) is 0 Å². The summed E-state index contributed by atoms with van der Waals surface area (Å²) in [5.41, 5.74) is 0.519. The Morgan fingerprint density at radius 3 is 2.54 bits per heavy atom. The second kappa shape index (κ2) is 8.25. The molecular formula is C19H27ClN4O2. The summed E-state index contributed by atoms with van der Waals surface area (Å²) in [4.78, 5) is 35.0. The van der Waals surface area contributed by atoms with Crippen molar-refractivity contribution in [2.45, 2.75) is 33.1 Å². The molecule has 2 aliphatic rings. The summed E-state index contributed by atoms with van der Waals surface area (Å²) in [7, 11) is 0. The van der Waals surface area contributed by atoms with Gasteiger partial charge in [0, 0.05) is 38.9 Å². The van der Waals surface area contributed by atoms with Crippen LogP contribution >= 0.6 is 11.6 Å². The van der Waals surface area contributed by atoms with Crippen LogP contribution in [0.1, 0.15) is 43.5 Å². The molecule has 0 radical (unpaired) electrons. The molecule has 0 saturated carbocycles. The third-order valence-electron chi connectivity index (χ3n) is 4.92. The number of pyridine rings is 1. The first kappa shape index (κ1) is 19.0. The van der Waals surface area contributed by atoms with Crippen LogP contribution in [0.2, 0.25) is 5.02 Å². The van der Waals surface area contributed by atoms with Crippen LogP contribution in [0.3, 0.4) is 0 Å². The van der Waals surface area contributed by atoms with Gasteiger partial charge in [-0.05, 0) is 31.2 Å². The number of rotatable bonds is 4. The lowest BCUT2D eigenvalue weighted by molar-refractivity contribution is -0.131. The van der Waals surface area contributed by atoms with Crippen molar-refractivity contribution >= 4 is 29.2 Å². The fourth-order valence-electron chi connectivity index (χ4n) is 3.58. The molecule has 0 aliphatic carbocycles. The number of carbonyl (C=O) groups is 2. The Labute approximate surface area is 160 Å². The van der Waals surface area contributed by atoms with Crippen molar-refractivity contribution in [3.05, 3.63) is 22.8 Å². The molecule has 2 fully saturated rings. The third-order valence-corrected chi connectivity index (χ3v) is 5.19. The van der Waals surface area contributed by atoms with Crippen LogP contribution in [-0.4, -0.2) is 65.9 Å². The second-order valence-electron chi connectivity index (χ2n) is 7.54. The van der Waals surface area contributed by atoms with Gasteiger partial charge < -0.3 is 14.7 Å². The topological polar surface area (TPSA) is 56.8 Å². The molecule has 2 saturated heterocycles. The van der Waals surface area contributed by atoms with Gasteiger partial charge in [0.15, 0.2) is 0 Å². The fourth-order valence-corrected chi connectivity index (χ4v) is 3.87. The molecule has 6 nitrogen and oxygen atoms in total. The highest BCUT2D eigenvalue weighted by Gasteiger charge is 2.27. The van der Waals surface area contributed by atoms with Gasteiger partial charge in [0.05, 0.1) is 17.1 Å². The number of likely N-dealkylation sites (tertiary alicyclic amines) is 1. The van der Waals surface area contributed by atoms with Crippen molar-refractivity contribution in [1.82, 2.24) is 14.8 Å². The van der Waals surface area contributed by atoms with E-state index in [-0.39, 0.29) is 18.4 Å². The van der Waals surface area contributed by atoms with Gasteiger partial charge in [0.25, 0.3) is 5.91 Å². The molecule has 0 atom stereocenters. The molecule has 2 aliphatic heterocycles. The monoisotopic (exact) mass is 378 g/mol. The summed E-state index contributed by atoms with van der Waals surface area (Å²) in [6.07, 6.45) is 4.86. The van der Waals surface area contributed by atoms with E-state index in [1.54, 1.807) is 12.3 Å². The normalized spacial score (nSPS) is 18.6. The first-order valence-corrected chi connectivity index (χ1v) is 9.81. The minimum absolute atomic E-state index is 0.0107. The summed E-state index contributed by atoms with van der Waals surface area (Å²) < 4.78 is 0. The Bertz CT molecular complexity index is 674. The highest BCUT2D eigenvalue weighted by Crippen LogP contribution is 2.26. The number of anilines is 1. The number of carbonyl (C=O) groups excluding carboxylic acids is 2. The van der Waals surface area contributed by atoms with Gasteiger partial charge in [-0.25, -0.2) is 4.98 Å². The lowest BCUT2D eigenvalue weighted by Crippen LogP contribution is -2.51. The molecule has 3 rings (SSSR count). The molecule has 2 amide bonds. The van der Waals surface area contributed by atoms with Gasteiger partial charge in [0.1, 0.15) is 5.82 Å². The third kappa shape index (κ3) is 4.29. The predicted octanol–water partition coefficient (Wildman–Crippen LogP) is 2.67. The van der Waals surface area contributed by atoms with Crippen molar-refractivity contribution < 1.29 is 9.59 Å². The number of halogens is 1. The Balaban J connectivity index is 1.68. The molecule has 1 aromatic heterocycles. The highest BCUT2D eigenvalue weighted by molar-refractivity contribution is 6.33.